The molecule has 0 saturated carbocycles. The number of pyridine rings is 1. The topological polar surface area (TPSA) is 109 Å². The minimum Gasteiger partial charge on any atom is -0.478 e. The van der Waals surface area contributed by atoms with Crippen LogP contribution >= 0.6 is 0 Å². The van der Waals surface area contributed by atoms with Crippen molar-refractivity contribution in [2.45, 2.75) is 43.8 Å². The van der Waals surface area contributed by atoms with Crippen molar-refractivity contribution in [3.63, 3.8) is 0 Å². The van der Waals surface area contributed by atoms with E-state index in [9.17, 15) is 28.3 Å². The maximum atomic E-state index is 14.0. The van der Waals surface area contributed by atoms with Gasteiger partial charge in [0.05, 0.1) is 17.3 Å². The van der Waals surface area contributed by atoms with Gasteiger partial charge >= 0.3 is 5.97 Å². The zero-order valence-electron chi connectivity index (χ0n) is 19.6. The average molecular weight is 507 g/mol. The van der Waals surface area contributed by atoms with Crippen molar-refractivity contribution in [3.05, 3.63) is 89.1 Å². The summed E-state index contributed by atoms with van der Waals surface area (Å²) in [5.41, 5.74) is -0.0111. The van der Waals surface area contributed by atoms with Crippen LogP contribution in [-0.4, -0.2) is 50.9 Å². The molecule has 2 unspecified atom stereocenters. The molecule has 2 fully saturated rings. The Hall–Kier alpha value is -4.34. The number of rotatable bonds is 6. The number of aromatic nitrogens is 1. The lowest BCUT2D eigenvalue weighted by atomic mass is 9.95. The lowest BCUT2D eigenvalue weighted by Gasteiger charge is -2.39. The van der Waals surface area contributed by atoms with Crippen LogP contribution in [-0.2, 0) is 0 Å². The standard InChI is InChI=1S/C27H23F2N3O5/c28-15-5-9-20(10-6-15)37-25-23(11-16(29)14-30-25)24(33)31-17-12-18-7-8-19(13-17)32(18)26(34)21-3-1-2-4-22(21)27(35)36/h1-6,9-11,14,17-19H,7-8,12-13H2,(H,31,33)(H,35,36). The monoisotopic (exact) mass is 507 g/mol. The Balaban J connectivity index is 1.30. The molecule has 2 saturated heterocycles. The number of hydrogen-bond acceptors (Lipinski definition) is 5. The van der Waals surface area contributed by atoms with Crippen LogP contribution in [0.25, 0.3) is 0 Å². The van der Waals surface area contributed by atoms with Crippen LogP contribution in [0.3, 0.4) is 0 Å². The third-order valence-corrected chi connectivity index (χ3v) is 6.78. The second-order valence-corrected chi connectivity index (χ2v) is 9.15. The van der Waals surface area contributed by atoms with Gasteiger partial charge in [0.25, 0.3) is 11.8 Å². The van der Waals surface area contributed by atoms with E-state index in [1.807, 2.05) is 0 Å². The number of nitrogens with one attached hydrogen (secondary N) is 1. The third kappa shape index (κ3) is 5.00. The van der Waals surface area contributed by atoms with Gasteiger partial charge < -0.3 is 20.1 Å². The summed E-state index contributed by atoms with van der Waals surface area (Å²) >= 11 is 0. The van der Waals surface area contributed by atoms with Crippen LogP contribution < -0.4 is 10.1 Å². The van der Waals surface area contributed by atoms with Gasteiger partial charge in [-0.2, -0.15) is 0 Å². The van der Waals surface area contributed by atoms with Gasteiger partial charge in [-0.25, -0.2) is 18.6 Å². The first-order valence-electron chi connectivity index (χ1n) is 11.8. The average Bonchev–Trinajstić information content (AvgIpc) is 3.15. The van der Waals surface area contributed by atoms with E-state index in [1.165, 1.54) is 36.4 Å². The van der Waals surface area contributed by atoms with Crippen molar-refractivity contribution in [2.24, 2.45) is 0 Å². The Kier molecular flexibility index (Phi) is 6.56. The molecule has 2 aliphatic heterocycles. The van der Waals surface area contributed by atoms with Crippen LogP contribution in [0.5, 0.6) is 11.6 Å². The molecule has 190 valence electrons. The Morgan fingerprint density at radius 1 is 0.919 bits per heavy atom. The first-order valence-corrected chi connectivity index (χ1v) is 11.8. The zero-order valence-corrected chi connectivity index (χ0v) is 19.6. The summed E-state index contributed by atoms with van der Waals surface area (Å²) in [5.74, 6) is -3.13. The Morgan fingerprint density at radius 2 is 1.57 bits per heavy atom. The first kappa shape index (κ1) is 24.4. The highest BCUT2D eigenvalue weighted by atomic mass is 19.1. The molecule has 5 rings (SSSR count). The molecule has 2 aromatic carbocycles. The summed E-state index contributed by atoms with van der Waals surface area (Å²) in [6, 6.07) is 11.7. The third-order valence-electron chi connectivity index (χ3n) is 6.78. The number of aromatic carboxylic acids is 1. The van der Waals surface area contributed by atoms with Gasteiger partial charge in [-0.3, -0.25) is 9.59 Å². The first-order chi connectivity index (χ1) is 17.8. The highest BCUT2D eigenvalue weighted by molar-refractivity contribution is 6.05. The van der Waals surface area contributed by atoms with Crippen LogP contribution in [0.2, 0.25) is 0 Å². The van der Waals surface area contributed by atoms with Crippen LogP contribution in [0.1, 0.15) is 56.8 Å². The zero-order chi connectivity index (χ0) is 26.1. The van der Waals surface area contributed by atoms with E-state index >= 15 is 0 Å². The molecule has 0 spiro atoms. The molecule has 2 amide bonds. The van der Waals surface area contributed by atoms with Gasteiger partial charge in [-0.1, -0.05) is 12.1 Å². The predicted octanol–water partition coefficient (Wildman–Crippen LogP) is 4.42. The maximum absolute atomic E-state index is 14.0. The van der Waals surface area contributed by atoms with E-state index in [4.69, 9.17) is 4.74 Å². The summed E-state index contributed by atoms with van der Waals surface area (Å²) < 4.78 is 32.8. The van der Waals surface area contributed by atoms with Crippen LogP contribution in [0, 0.1) is 11.6 Å². The largest absolute Gasteiger partial charge is 0.478 e. The van der Waals surface area contributed by atoms with Crippen molar-refractivity contribution in [1.82, 2.24) is 15.2 Å². The Bertz CT molecular complexity index is 1350. The molecule has 8 nitrogen and oxygen atoms in total. The summed E-state index contributed by atoms with van der Waals surface area (Å²) in [5, 5.41) is 12.4. The van der Waals surface area contributed by atoms with E-state index < -0.39 is 23.5 Å². The number of hydrogen-bond donors (Lipinski definition) is 2. The van der Waals surface area contributed by atoms with Crippen LogP contribution in [0.4, 0.5) is 8.78 Å². The number of carboxylic acid groups (broad SMARTS) is 1. The van der Waals surface area contributed by atoms with Gasteiger partial charge in [-0.05, 0) is 68.1 Å². The molecule has 2 atom stereocenters. The van der Waals surface area contributed by atoms with E-state index in [0.29, 0.717) is 12.8 Å². The van der Waals surface area contributed by atoms with E-state index in [0.717, 1.165) is 25.1 Å². The smallest absolute Gasteiger partial charge is 0.336 e. The Morgan fingerprint density at radius 3 is 2.22 bits per heavy atom. The number of amides is 2. The number of carboxylic acids is 1. The molecule has 3 aromatic rings. The quantitative estimate of drug-likeness (QED) is 0.512. The molecule has 1 aromatic heterocycles. The minimum absolute atomic E-state index is 0.0467. The van der Waals surface area contributed by atoms with Crippen molar-refractivity contribution in [3.8, 4) is 11.6 Å². The molecule has 37 heavy (non-hydrogen) atoms. The molecule has 2 aliphatic rings. The molecular weight excluding hydrogens is 484 g/mol. The van der Waals surface area contributed by atoms with Crippen molar-refractivity contribution < 1.29 is 33.0 Å². The lowest BCUT2D eigenvalue weighted by Crippen LogP contribution is -2.52. The fraction of sp³-hybridized carbons (Fsp3) is 0.259. The highest BCUT2D eigenvalue weighted by Crippen LogP contribution is 2.37. The van der Waals surface area contributed by atoms with E-state index in [1.54, 1.807) is 17.0 Å². The molecule has 2 N–H and O–H groups in total. The van der Waals surface area contributed by atoms with Gasteiger partial charge in [0.2, 0.25) is 5.88 Å². The van der Waals surface area contributed by atoms with Gasteiger partial charge in [0.1, 0.15) is 22.9 Å². The fourth-order valence-electron chi connectivity index (χ4n) is 5.17. The number of piperidine rings is 1. The molecule has 10 heteroatoms. The number of carbonyl (C=O) groups excluding carboxylic acids is 2. The van der Waals surface area contributed by atoms with E-state index in [-0.39, 0.29) is 52.4 Å². The highest BCUT2D eigenvalue weighted by Gasteiger charge is 2.44. The fourth-order valence-corrected chi connectivity index (χ4v) is 5.17. The predicted molar refractivity (Wildman–Crippen MR) is 128 cm³/mol. The summed E-state index contributed by atoms with van der Waals surface area (Å²) in [4.78, 5) is 43.6. The lowest BCUT2D eigenvalue weighted by molar-refractivity contribution is 0.0537. The maximum Gasteiger partial charge on any atom is 0.336 e. The molecule has 3 heterocycles. The van der Waals surface area contributed by atoms with Crippen molar-refractivity contribution in [1.29, 1.82) is 0 Å². The summed E-state index contributed by atoms with van der Waals surface area (Å²) in [6.45, 7) is 0. The SMILES string of the molecule is O=C(O)c1ccccc1C(=O)N1C2CCC1CC(NC(=O)c1cc(F)cnc1Oc1ccc(F)cc1)C2. The van der Waals surface area contributed by atoms with Gasteiger partial charge in [0.15, 0.2) is 0 Å². The number of fused-ring (bicyclic) bond motifs is 2. The van der Waals surface area contributed by atoms with E-state index in [2.05, 4.69) is 10.3 Å². The van der Waals surface area contributed by atoms with Gasteiger partial charge in [0, 0.05) is 18.1 Å². The summed E-state index contributed by atoms with van der Waals surface area (Å²) in [6.07, 6.45) is 3.34. The molecule has 2 bridgehead atoms. The number of nitrogens with zero attached hydrogens (tertiary/aromatic N) is 2. The van der Waals surface area contributed by atoms with Crippen molar-refractivity contribution >= 4 is 17.8 Å². The summed E-state index contributed by atoms with van der Waals surface area (Å²) in [7, 11) is 0. The number of benzene rings is 2. The number of halogens is 2. The second-order valence-electron chi connectivity index (χ2n) is 9.15. The normalized spacial score (nSPS) is 20.4. The Labute approximate surface area is 210 Å². The molecule has 0 aliphatic carbocycles. The molecule has 0 radical (unpaired) electrons. The minimum atomic E-state index is -1.17. The number of carbonyl (C=O) groups is 3. The van der Waals surface area contributed by atoms with Crippen molar-refractivity contribution in [2.75, 3.05) is 0 Å². The van der Waals surface area contributed by atoms with Gasteiger partial charge in [-0.15, -0.1) is 0 Å². The molecular formula is C27H23F2N3O5. The van der Waals surface area contributed by atoms with Crippen LogP contribution in [0.15, 0.2) is 60.8 Å². The second kappa shape index (κ2) is 9.96. The number of ether oxygens (including phenoxy) is 1.